The topological polar surface area (TPSA) is 80.9 Å². The van der Waals surface area contributed by atoms with Gasteiger partial charge in [-0.2, -0.15) is 0 Å². The molecule has 0 aliphatic carbocycles. The molecular weight excluding hydrogens is 284 g/mol. The van der Waals surface area contributed by atoms with Gasteiger partial charge in [0.15, 0.2) is 11.0 Å². The van der Waals surface area contributed by atoms with Crippen LogP contribution in [-0.2, 0) is 11.3 Å². The van der Waals surface area contributed by atoms with Crippen molar-refractivity contribution in [1.29, 1.82) is 0 Å². The molecule has 19 heavy (non-hydrogen) atoms. The summed E-state index contributed by atoms with van der Waals surface area (Å²) in [6, 6.07) is 0. The standard InChI is InChI=1S/C11H14N4O2S2/c1-7(2)3-15-10(8-4-18-6-12-8)13-14-11(15)19-5-9(16)17/h4,6-7H,3,5H2,1-2H3,(H,16,17). The lowest BCUT2D eigenvalue weighted by Crippen LogP contribution is -2.09. The van der Waals surface area contributed by atoms with E-state index in [2.05, 4.69) is 29.0 Å². The van der Waals surface area contributed by atoms with E-state index in [1.165, 1.54) is 23.1 Å². The van der Waals surface area contributed by atoms with Crippen LogP contribution >= 0.6 is 23.1 Å². The zero-order valence-electron chi connectivity index (χ0n) is 10.6. The number of carboxylic acid groups (broad SMARTS) is 1. The first-order chi connectivity index (χ1) is 9.08. The minimum Gasteiger partial charge on any atom is -0.481 e. The first kappa shape index (κ1) is 14.0. The maximum absolute atomic E-state index is 10.7. The van der Waals surface area contributed by atoms with Crippen molar-refractivity contribution in [2.75, 3.05) is 5.75 Å². The first-order valence-electron chi connectivity index (χ1n) is 5.74. The number of carbonyl (C=O) groups is 1. The van der Waals surface area contributed by atoms with Crippen molar-refractivity contribution in [2.24, 2.45) is 5.92 Å². The maximum Gasteiger partial charge on any atom is 0.313 e. The number of aromatic nitrogens is 4. The third-order valence-corrected chi connectivity index (χ3v) is 3.79. The van der Waals surface area contributed by atoms with Gasteiger partial charge in [-0.15, -0.1) is 21.5 Å². The Bertz CT molecular complexity index is 551. The molecule has 0 bridgehead atoms. The number of thiazole rings is 1. The van der Waals surface area contributed by atoms with Gasteiger partial charge in [0.05, 0.1) is 11.3 Å². The van der Waals surface area contributed by atoms with E-state index in [0.717, 1.165) is 12.2 Å². The predicted octanol–water partition coefficient (Wildman–Crippen LogP) is 2.23. The van der Waals surface area contributed by atoms with Crippen LogP contribution < -0.4 is 0 Å². The third-order valence-electron chi connectivity index (χ3n) is 2.25. The van der Waals surface area contributed by atoms with Crippen LogP contribution in [0.1, 0.15) is 13.8 Å². The number of aliphatic carboxylic acids is 1. The molecule has 2 heterocycles. The summed E-state index contributed by atoms with van der Waals surface area (Å²) in [5.41, 5.74) is 2.52. The van der Waals surface area contributed by atoms with Crippen LogP contribution in [0.15, 0.2) is 16.0 Å². The van der Waals surface area contributed by atoms with Gasteiger partial charge < -0.3 is 9.67 Å². The lowest BCUT2D eigenvalue weighted by molar-refractivity contribution is -0.133. The van der Waals surface area contributed by atoms with E-state index in [9.17, 15) is 4.79 Å². The molecule has 0 aliphatic rings. The summed E-state index contributed by atoms with van der Waals surface area (Å²) in [6.07, 6.45) is 0. The number of thioether (sulfide) groups is 1. The Morgan fingerprint density at radius 2 is 2.32 bits per heavy atom. The molecule has 2 aromatic heterocycles. The van der Waals surface area contributed by atoms with Crippen LogP contribution in [0.4, 0.5) is 0 Å². The number of hydrogen-bond acceptors (Lipinski definition) is 6. The summed E-state index contributed by atoms with van der Waals surface area (Å²) in [5, 5.41) is 19.5. The quantitative estimate of drug-likeness (QED) is 0.824. The molecular formula is C11H14N4O2S2. The van der Waals surface area contributed by atoms with Crippen LogP contribution in [0.25, 0.3) is 11.5 Å². The average Bonchev–Trinajstić information content (AvgIpc) is 2.94. The molecule has 0 saturated heterocycles. The van der Waals surface area contributed by atoms with Crippen molar-refractivity contribution in [3.8, 4) is 11.5 Å². The fourth-order valence-corrected chi connectivity index (χ4v) is 2.76. The molecule has 2 aromatic rings. The summed E-state index contributed by atoms with van der Waals surface area (Å²) in [4.78, 5) is 14.9. The van der Waals surface area contributed by atoms with Crippen LogP contribution in [0, 0.1) is 5.92 Å². The van der Waals surface area contributed by atoms with Gasteiger partial charge in [0.1, 0.15) is 5.69 Å². The predicted molar refractivity (Wildman–Crippen MR) is 74.3 cm³/mol. The van der Waals surface area contributed by atoms with Gasteiger partial charge in [-0.05, 0) is 5.92 Å². The highest BCUT2D eigenvalue weighted by Crippen LogP contribution is 2.24. The molecule has 102 valence electrons. The van der Waals surface area contributed by atoms with Gasteiger partial charge >= 0.3 is 5.97 Å². The highest BCUT2D eigenvalue weighted by Gasteiger charge is 2.17. The fourth-order valence-electron chi connectivity index (χ4n) is 1.56. The zero-order valence-corrected chi connectivity index (χ0v) is 12.2. The number of nitrogens with zero attached hydrogens (tertiary/aromatic N) is 4. The van der Waals surface area contributed by atoms with Crippen molar-refractivity contribution < 1.29 is 9.90 Å². The molecule has 0 amide bonds. The van der Waals surface area contributed by atoms with Gasteiger partial charge in [0.25, 0.3) is 0 Å². The monoisotopic (exact) mass is 298 g/mol. The zero-order chi connectivity index (χ0) is 13.8. The number of carboxylic acids is 1. The van der Waals surface area contributed by atoms with Crippen LogP contribution in [0.5, 0.6) is 0 Å². The van der Waals surface area contributed by atoms with Gasteiger partial charge in [0, 0.05) is 11.9 Å². The van der Waals surface area contributed by atoms with Crippen molar-refractivity contribution in [3.05, 3.63) is 10.9 Å². The Balaban J connectivity index is 2.30. The third kappa shape index (κ3) is 3.54. The highest BCUT2D eigenvalue weighted by atomic mass is 32.2. The Hall–Kier alpha value is -1.41. The summed E-state index contributed by atoms with van der Waals surface area (Å²) < 4.78 is 1.94. The molecule has 0 radical (unpaired) electrons. The molecule has 6 nitrogen and oxygen atoms in total. The molecule has 0 fully saturated rings. The van der Waals surface area contributed by atoms with Crippen molar-refractivity contribution in [1.82, 2.24) is 19.7 Å². The normalized spacial score (nSPS) is 11.1. The molecule has 2 rings (SSSR count). The Morgan fingerprint density at radius 3 is 2.89 bits per heavy atom. The van der Waals surface area contributed by atoms with E-state index in [4.69, 9.17) is 5.11 Å². The van der Waals surface area contributed by atoms with Crippen molar-refractivity contribution in [2.45, 2.75) is 25.5 Å². The Labute approximate surface area is 118 Å². The lowest BCUT2D eigenvalue weighted by atomic mass is 10.2. The molecule has 1 N–H and O–H groups in total. The summed E-state index contributed by atoms with van der Waals surface area (Å²) in [7, 11) is 0. The largest absolute Gasteiger partial charge is 0.481 e. The molecule has 0 aliphatic heterocycles. The van der Waals surface area contributed by atoms with E-state index >= 15 is 0 Å². The number of rotatable bonds is 6. The van der Waals surface area contributed by atoms with Gasteiger partial charge in [-0.25, -0.2) is 4.98 Å². The first-order valence-corrected chi connectivity index (χ1v) is 7.67. The van der Waals surface area contributed by atoms with E-state index in [1.54, 1.807) is 5.51 Å². The summed E-state index contributed by atoms with van der Waals surface area (Å²) in [6.45, 7) is 4.93. The second-order valence-corrected chi connectivity index (χ2v) is 6.03. The van der Waals surface area contributed by atoms with E-state index in [0.29, 0.717) is 16.9 Å². The second kappa shape index (κ2) is 6.16. The minimum atomic E-state index is -0.862. The smallest absolute Gasteiger partial charge is 0.313 e. The molecule has 8 heteroatoms. The summed E-state index contributed by atoms with van der Waals surface area (Å²) in [5.74, 6) is 0.229. The minimum absolute atomic E-state index is 0.0205. The van der Waals surface area contributed by atoms with Crippen molar-refractivity contribution >= 4 is 29.1 Å². The highest BCUT2D eigenvalue weighted by molar-refractivity contribution is 7.99. The van der Waals surface area contributed by atoms with E-state index in [1.807, 2.05) is 9.95 Å². The summed E-state index contributed by atoms with van der Waals surface area (Å²) >= 11 is 2.68. The SMILES string of the molecule is CC(C)Cn1c(SCC(=O)O)nnc1-c1cscn1. The van der Waals surface area contributed by atoms with Gasteiger partial charge in [0.2, 0.25) is 0 Å². The molecule has 0 saturated carbocycles. The van der Waals surface area contributed by atoms with Crippen LogP contribution in [0.2, 0.25) is 0 Å². The molecule has 0 aromatic carbocycles. The van der Waals surface area contributed by atoms with E-state index < -0.39 is 5.97 Å². The fraction of sp³-hybridized carbons (Fsp3) is 0.455. The van der Waals surface area contributed by atoms with E-state index in [-0.39, 0.29) is 5.75 Å². The maximum atomic E-state index is 10.7. The number of hydrogen-bond donors (Lipinski definition) is 1. The van der Waals surface area contributed by atoms with Gasteiger partial charge in [-0.1, -0.05) is 25.6 Å². The molecule has 0 atom stereocenters. The van der Waals surface area contributed by atoms with Crippen molar-refractivity contribution in [3.63, 3.8) is 0 Å². The van der Waals surface area contributed by atoms with Gasteiger partial charge in [-0.3, -0.25) is 4.79 Å². The second-order valence-electron chi connectivity index (χ2n) is 4.37. The average molecular weight is 298 g/mol. The Morgan fingerprint density at radius 1 is 1.53 bits per heavy atom. The van der Waals surface area contributed by atoms with Crippen LogP contribution in [-0.4, -0.2) is 36.6 Å². The molecule has 0 spiro atoms. The molecule has 0 unspecified atom stereocenters. The van der Waals surface area contributed by atoms with Crippen LogP contribution in [0.3, 0.4) is 0 Å². The lowest BCUT2D eigenvalue weighted by Gasteiger charge is -2.10. The Kier molecular flexibility index (Phi) is 4.54.